The van der Waals surface area contributed by atoms with Gasteiger partial charge in [0.25, 0.3) is 5.56 Å². The Labute approximate surface area is 173 Å². The van der Waals surface area contributed by atoms with E-state index in [2.05, 4.69) is 30.6 Å². The Morgan fingerprint density at radius 3 is 2.57 bits per heavy atom. The van der Waals surface area contributed by atoms with Gasteiger partial charge in [-0.2, -0.15) is 4.37 Å². The molecule has 1 amide bonds. The number of hydrogen-bond acceptors (Lipinski definition) is 5. The molecule has 0 atom stereocenters. The van der Waals surface area contributed by atoms with Crippen LogP contribution in [0.15, 0.2) is 64.1 Å². The Balaban J connectivity index is 1.60. The van der Waals surface area contributed by atoms with Crippen molar-refractivity contribution in [1.29, 1.82) is 0 Å². The molecule has 2 aromatic heterocycles. The van der Waals surface area contributed by atoms with Crippen LogP contribution in [0.25, 0.3) is 21.5 Å². The second kappa shape index (κ2) is 7.65. The van der Waals surface area contributed by atoms with Crippen LogP contribution in [0.2, 0.25) is 0 Å². The number of nitrogens with zero attached hydrogens (tertiary/aromatic N) is 3. The Bertz CT molecular complexity index is 1210. The summed E-state index contributed by atoms with van der Waals surface area (Å²) in [7, 11) is 0. The summed E-state index contributed by atoms with van der Waals surface area (Å²) >= 11 is 4.45. The van der Waals surface area contributed by atoms with Gasteiger partial charge in [-0.3, -0.25) is 14.2 Å². The predicted molar refractivity (Wildman–Crippen MR) is 115 cm³/mol. The van der Waals surface area contributed by atoms with Crippen molar-refractivity contribution in [1.82, 2.24) is 13.9 Å². The van der Waals surface area contributed by atoms with Gasteiger partial charge in [0.05, 0.1) is 6.33 Å². The number of anilines is 1. The number of carbonyl (C=O) groups is 1. The van der Waals surface area contributed by atoms with Gasteiger partial charge in [-0.25, -0.2) is 4.98 Å². The van der Waals surface area contributed by atoms with Crippen LogP contribution in [-0.4, -0.2) is 19.8 Å². The SMILES string of the molecule is Cc1ccc(-c2nsc3c(=O)n(CC(=O)Nc4ccc(Br)cc4)cnc23)cc1. The minimum absolute atomic E-state index is 0.115. The normalized spacial score (nSPS) is 10.9. The Kier molecular flexibility index (Phi) is 5.06. The molecule has 0 aliphatic rings. The molecule has 0 spiro atoms. The van der Waals surface area contributed by atoms with Gasteiger partial charge >= 0.3 is 0 Å². The fourth-order valence-electron chi connectivity index (χ4n) is 2.76. The smallest absolute Gasteiger partial charge is 0.273 e. The van der Waals surface area contributed by atoms with E-state index in [1.54, 1.807) is 12.1 Å². The largest absolute Gasteiger partial charge is 0.325 e. The molecule has 0 aliphatic carbocycles. The molecule has 8 heteroatoms. The second-order valence-corrected chi connectivity index (χ2v) is 8.00. The average molecular weight is 455 g/mol. The molecule has 4 aromatic rings. The zero-order chi connectivity index (χ0) is 19.7. The summed E-state index contributed by atoms with van der Waals surface area (Å²) in [6, 6.07) is 15.1. The number of benzene rings is 2. The Hall–Kier alpha value is -2.84. The Morgan fingerprint density at radius 2 is 1.86 bits per heavy atom. The topological polar surface area (TPSA) is 76.9 Å². The fraction of sp³-hybridized carbons (Fsp3) is 0.100. The maximum Gasteiger partial charge on any atom is 0.273 e. The first-order chi connectivity index (χ1) is 13.5. The molecule has 0 aliphatic heterocycles. The van der Waals surface area contributed by atoms with Crippen molar-refractivity contribution in [2.45, 2.75) is 13.5 Å². The van der Waals surface area contributed by atoms with Gasteiger partial charge < -0.3 is 5.32 Å². The first-order valence-corrected chi connectivity index (χ1v) is 10.1. The molecule has 2 heterocycles. The Morgan fingerprint density at radius 1 is 1.14 bits per heavy atom. The molecule has 0 saturated heterocycles. The molecule has 0 fully saturated rings. The number of rotatable bonds is 4. The molecule has 1 N–H and O–H groups in total. The van der Waals surface area contributed by atoms with Gasteiger partial charge in [-0.1, -0.05) is 45.8 Å². The fourth-order valence-corrected chi connectivity index (χ4v) is 3.83. The van der Waals surface area contributed by atoms with Crippen LogP contribution >= 0.6 is 27.5 Å². The molecule has 0 saturated carbocycles. The summed E-state index contributed by atoms with van der Waals surface area (Å²) < 4.78 is 7.07. The van der Waals surface area contributed by atoms with Crippen molar-refractivity contribution in [3.63, 3.8) is 0 Å². The highest BCUT2D eigenvalue weighted by molar-refractivity contribution is 9.10. The lowest BCUT2D eigenvalue weighted by Gasteiger charge is -2.07. The van der Waals surface area contributed by atoms with Crippen LogP contribution in [-0.2, 0) is 11.3 Å². The van der Waals surface area contributed by atoms with Crippen molar-refractivity contribution >= 4 is 49.3 Å². The number of amides is 1. The average Bonchev–Trinajstić information content (AvgIpc) is 3.11. The standard InChI is InChI=1S/C20H15BrN4O2S/c1-12-2-4-13(5-3-12)17-18-19(28-24-17)20(27)25(11-22-18)10-16(26)23-15-8-6-14(21)7-9-15/h2-9,11H,10H2,1H3,(H,23,26). The zero-order valence-electron chi connectivity index (χ0n) is 14.8. The van der Waals surface area contributed by atoms with Crippen molar-refractivity contribution in [3.05, 3.63) is 75.2 Å². The molecular weight excluding hydrogens is 440 g/mol. The van der Waals surface area contributed by atoms with Crippen molar-refractivity contribution in [2.75, 3.05) is 5.32 Å². The lowest BCUT2D eigenvalue weighted by molar-refractivity contribution is -0.116. The quantitative estimate of drug-likeness (QED) is 0.500. The first kappa shape index (κ1) is 18.5. The van der Waals surface area contributed by atoms with Crippen LogP contribution in [0.1, 0.15) is 5.56 Å². The van der Waals surface area contributed by atoms with E-state index in [-0.39, 0.29) is 18.0 Å². The van der Waals surface area contributed by atoms with Crippen molar-refractivity contribution in [2.24, 2.45) is 0 Å². The monoisotopic (exact) mass is 454 g/mol. The third-order valence-electron chi connectivity index (χ3n) is 4.22. The molecule has 2 aromatic carbocycles. The lowest BCUT2D eigenvalue weighted by atomic mass is 10.1. The highest BCUT2D eigenvalue weighted by Gasteiger charge is 2.15. The van der Waals surface area contributed by atoms with Crippen LogP contribution in [0, 0.1) is 6.92 Å². The number of halogens is 1. The van der Waals surface area contributed by atoms with Gasteiger partial charge in [0.2, 0.25) is 5.91 Å². The highest BCUT2D eigenvalue weighted by atomic mass is 79.9. The number of nitrogens with one attached hydrogen (secondary N) is 1. The zero-order valence-corrected chi connectivity index (χ0v) is 17.3. The third-order valence-corrected chi connectivity index (χ3v) is 5.57. The molecule has 0 radical (unpaired) electrons. The van der Waals surface area contributed by atoms with E-state index in [4.69, 9.17) is 0 Å². The molecule has 28 heavy (non-hydrogen) atoms. The number of aromatic nitrogens is 3. The van der Waals surface area contributed by atoms with E-state index in [0.717, 1.165) is 27.1 Å². The van der Waals surface area contributed by atoms with E-state index >= 15 is 0 Å². The summed E-state index contributed by atoms with van der Waals surface area (Å²) in [5, 5.41) is 2.77. The number of carbonyl (C=O) groups excluding carboxylic acids is 1. The summed E-state index contributed by atoms with van der Waals surface area (Å²) in [5.74, 6) is -0.297. The number of hydrogen-bond donors (Lipinski definition) is 1. The predicted octanol–water partition coefficient (Wildman–Crippen LogP) is 4.23. The minimum Gasteiger partial charge on any atom is -0.325 e. The van der Waals surface area contributed by atoms with Crippen LogP contribution in [0.4, 0.5) is 5.69 Å². The van der Waals surface area contributed by atoms with E-state index in [0.29, 0.717) is 21.6 Å². The summed E-state index contributed by atoms with van der Waals surface area (Å²) in [4.78, 5) is 29.5. The first-order valence-electron chi connectivity index (χ1n) is 8.48. The maximum atomic E-state index is 12.8. The summed E-state index contributed by atoms with van der Waals surface area (Å²) in [5.41, 5.74) is 3.69. The van der Waals surface area contributed by atoms with Gasteiger partial charge in [0, 0.05) is 15.7 Å². The molecule has 140 valence electrons. The van der Waals surface area contributed by atoms with Crippen molar-refractivity contribution < 1.29 is 4.79 Å². The summed E-state index contributed by atoms with van der Waals surface area (Å²) in [6.45, 7) is 1.90. The number of aryl methyl sites for hydroxylation is 1. The lowest BCUT2D eigenvalue weighted by Crippen LogP contribution is -2.27. The van der Waals surface area contributed by atoms with E-state index in [1.165, 1.54) is 10.9 Å². The molecule has 0 unspecified atom stereocenters. The van der Waals surface area contributed by atoms with Gasteiger partial charge in [0.1, 0.15) is 22.5 Å². The van der Waals surface area contributed by atoms with Crippen LogP contribution in [0.5, 0.6) is 0 Å². The van der Waals surface area contributed by atoms with Gasteiger partial charge in [-0.05, 0) is 42.7 Å². The van der Waals surface area contributed by atoms with Crippen LogP contribution < -0.4 is 10.9 Å². The maximum absolute atomic E-state index is 12.8. The third kappa shape index (κ3) is 3.74. The summed E-state index contributed by atoms with van der Waals surface area (Å²) in [6.07, 6.45) is 1.40. The molecular formula is C20H15BrN4O2S. The van der Waals surface area contributed by atoms with Crippen molar-refractivity contribution in [3.8, 4) is 11.3 Å². The molecule has 6 nitrogen and oxygen atoms in total. The van der Waals surface area contributed by atoms with E-state index in [9.17, 15) is 9.59 Å². The van der Waals surface area contributed by atoms with Gasteiger partial charge in [0.15, 0.2) is 0 Å². The second-order valence-electron chi connectivity index (χ2n) is 6.31. The van der Waals surface area contributed by atoms with Gasteiger partial charge in [-0.15, -0.1) is 0 Å². The molecule has 4 rings (SSSR count). The minimum atomic E-state index is -0.297. The highest BCUT2D eigenvalue weighted by Crippen LogP contribution is 2.27. The van der Waals surface area contributed by atoms with Crippen LogP contribution in [0.3, 0.4) is 0 Å². The number of fused-ring (bicyclic) bond motifs is 1. The van der Waals surface area contributed by atoms with E-state index < -0.39 is 0 Å². The van der Waals surface area contributed by atoms with E-state index in [1.807, 2.05) is 43.3 Å². The molecule has 0 bridgehead atoms.